The first-order valence-corrected chi connectivity index (χ1v) is 14.4. The lowest BCUT2D eigenvalue weighted by Gasteiger charge is -2.19. The monoisotopic (exact) mass is 562 g/mol. The van der Waals surface area contributed by atoms with Crippen LogP contribution in [0, 0.1) is 49.4 Å². The molecule has 2 fully saturated rings. The van der Waals surface area contributed by atoms with Crippen molar-refractivity contribution in [3.05, 3.63) is 57.6 Å². The quantitative estimate of drug-likeness (QED) is 0.259. The van der Waals surface area contributed by atoms with Crippen LogP contribution in [0.15, 0.2) is 34.1 Å². The zero-order valence-electron chi connectivity index (χ0n) is 22.2. The molecule has 0 bridgehead atoms. The molecule has 0 aliphatic heterocycles. The third-order valence-electron chi connectivity index (χ3n) is 7.70. The van der Waals surface area contributed by atoms with Crippen molar-refractivity contribution >= 4 is 11.8 Å². The molecular formula is C32H32F6S. The Balaban J connectivity index is 1.80. The van der Waals surface area contributed by atoms with E-state index in [0.717, 1.165) is 88.1 Å². The van der Waals surface area contributed by atoms with Crippen molar-refractivity contribution in [3.63, 3.8) is 0 Å². The van der Waals surface area contributed by atoms with E-state index in [4.69, 9.17) is 0 Å². The number of rotatable bonds is 2. The summed E-state index contributed by atoms with van der Waals surface area (Å²) in [6.07, 6.45) is 1.11. The summed E-state index contributed by atoms with van der Waals surface area (Å²) < 4.78 is 82.5. The molecule has 2 aliphatic rings. The van der Waals surface area contributed by atoms with Gasteiger partial charge in [0, 0.05) is 32.8 Å². The summed E-state index contributed by atoms with van der Waals surface area (Å²) in [5, 5.41) is 0. The summed E-state index contributed by atoms with van der Waals surface area (Å²) in [6.45, 7) is 2.83. The van der Waals surface area contributed by atoms with Gasteiger partial charge >= 0.3 is 12.4 Å². The number of halogens is 6. The Hall–Kier alpha value is -2.51. The molecule has 4 rings (SSSR count). The van der Waals surface area contributed by atoms with E-state index in [1.807, 2.05) is 0 Å². The molecule has 0 radical (unpaired) electrons. The Labute approximate surface area is 231 Å². The van der Waals surface area contributed by atoms with Gasteiger partial charge in [-0.3, -0.25) is 0 Å². The first-order chi connectivity index (χ1) is 18.4. The second kappa shape index (κ2) is 12.3. The van der Waals surface area contributed by atoms with E-state index in [2.05, 4.69) is 23.7 Å². The van der Waals surface area contributed by atoms with Crippen LogP contribution in [-0.4, -0.2) is 0 Å². The van der Waals surface area contributed by atoms with Gasteiger partial charge in [0.05, 0.1) is 11.1 Å². The number of hydrogen-bond donors (Lipinski definition) is 0. The maximum atomic E-state index is 13.8. The number of hydrogen-bond acceptors (Lipinski definition) is 1. The van der Waals surface area contributed by atoms with Crippen molar-refractivity contribution in [3.8, 4) is 23.7 Å². The third kappa shape index (κ3) is 7.37. The molecule has 0 spiro atoms. The molecule has 2 aromatic rings. The molecule has 0 aromatic heterocycles. The maximum Gasteiger partial charge on any atom is 0.416 e. The van der Waals surface area contributed by atoms with Gasteiger partial charge in [0.15, 0.2) is 0 Å². The molecule has 39 heavy (non-hydrogen) atoms. The highest BCUT2D eigenvalue weighted by atomic mass is 32.2. The van der Waals surface area contributed by atoms with Gasteiger partial charge in [0.25, 0.3) is 0 Å². The molecule has 2 aromatic carbocycles. The minimum atomic E-state index is -4.53. The molecule has 2 aliphatic carbocycles. The molecule has 0 saturated heterocycles. The molecule has 0 unspecified atom stereocenters. The van der Waals surface area contributed by atoms with E-state index in [1.54, 1.807) is 0 Å². The second-order valence-corrected chi connectivity index (χ2v) is 11.6. The van der Waals surface area contributed by atoms with Crippen LogP contribution in [-0.2, 0) is 12.4 Å². The van der Waals surface area contributed by atoms with Gasteiger partial charge in [-0.25, -0.2) is 0 Å². The van der Waals surface area contributed by atoms with E-state index in [9.17, 15) is 26.3 Å². The summed E-state index contributed by atoms with van der Waals surface area (Å²) in [5.41, 5.74) is -0.863. The van der Waals surface area contributed by atoms with Crippen molar-refractivity contribution in [2.75, 3.05) is 0 Å². The van der Waals surface area contributed by atoms with Gasteiger partial charge in [0.1, 0.15) is 0 Å². The standard InChI is InChI=1S/C32H32F6S/c1-21-25(15-13-23-9-5-3-6-10-23)29(19-17-27(21)31(33,34)35)39-30-20-18-28(32(36,37)38)22(2)26(30)16-14-24-11-7-4-8-12-24/h17-20,23-24H,3-12H2,1-2H3. The van der Waals surface area contributed by atoms with Crippen LogP contribution >= 0.6 is 11.8 Å². The largest absolute Gasteiger partial charge is 0.416 e. The summed E-state index contributed by atoms with van der Waals surface area (Å²) in [4.78, 5) is 0.979. The van der Waals surface area contributed by atoms with Crippen molar-refractivity contribution in [2.45, 2.75) is 100 Å². The Morgan fingerprint density at radius 2 is 0.949 bits per heavy atom. The van der Waals surface area contributed by atoms with Gasteiger partial charge in [0.2, 0.25) is 0 Å². The van der Waals surface area contributed by atoms with Crippen molar-refractivity contribution in [2.24, 2.45) is 11.8 Å². The lowest BCUT2D eigenvalue weighted by molar-refractivity contribution is -0.138. The van der Waals surface area contributed by atoms with Crippen molar-refractivity contribution < 1.29 is 26.3 Å². The van der Waals surface area contributed by atoms with Crippen LogP contribution < -0.4 is 0 Å². The molecule has 0 atom stereocenters. The van der Waals surface area contributed by atoms with Crippen LogP contribution in [0.2, 0.25) is 0 Å². The Morgan fingerprint density at radius 3 is 1.28 bits per heavy atom. The molecular weight excluding hydrogens is 530 g/mol. The fraction of sp³-hybridized carbons (Fsp3) is 0.500. The van der Waals surface area contributed by atoms with Gasteiger partial charge in [-0.2, -0.15) is 26.3 Å². The van der Waals surface area contributed by atoms with Crippen LogP contribution in [0.1, 0.15) is 97.6 Å². The Morgan fingerprint density at radius 1 is 0.590 bits per heavy atom. The normalized spacial score (nSPS) is 17.2. The molecule has 0 N–H and O–H groups in total. The summed E-state index contributed by atoms with van der Waals surface area (Å²) in [6, 6.07) is 4.84. The predicted octanol–water partition coefficient (Wildman–Crippen LogP) is 10.4. The molecule has 208 valence electrons. The number of alkyl halides is 6. The van der Waals surface area contributed by atoms with E-state index >= 15 is 0 Å². The molecule has 0 nitrogen and oxygen atoms in total. The zero-order valence-corrected chi connectivity index (χ0v) is 23.0. The average Bonchev–Trinajstić information content (AvgIpc) is 2.88. The smallest absolute Gasteiger partial charge is 0.166 e. The van der Waals surface area contributed by atoms with Crippen LogP contribution in [0.4, 0.5) is 26.3 Å². The lowest BCUT2D eigenvalue weighted by atomic mass is 9.89. The fourth-order valence-corrected chi connectivity index (χ4v) is 6.55. The third-order valence-corrected chi connectivity index (χ3v) is 8.82. The fourth-order valence-electron chi connectivity index (χ4n) is 5.43. The summed E-state index contributed by atoms with van der Waals surface area (Å²) in [7, 11) is 0. The molecule has 7 heteroatoms. The predicted molar refractivity (Wildman–Crippen MR) is 143 cm³/mol. The van der Waals surface area contributed by atoms with E-state index in [-0.39, 0.29) is 34.1 Å². The number of benzene rings is 2. The second-order valence-electron chi connectivity index (χ2n) is 10.5. The van der Waals surface area contributed by atoms with Crippen molar-refractivity contribution in [1.82, 2.24) is 0 Å². The summed E-state index contributed by atoms with van der Waals surface area (Å²) >= 11 is 1.14. The average molecular weight is 563 g/mol. The first-order valence-electron chi connectivity index (χ1n) is 13.6. The molecule has 0 amide bonds. The molecule has 0 heterocycles. The highest BCUT2D eigenvalue weighted by Gasteiger charge is 2.35. The summed E-state index contributed by atoms with van der Waals surface area (Å²) in [5.74, 6) is 12.8. The van der Waals surface area contributed by atoms with E-state index in [1.165, 1.54) is 26.0 Å². The Bertz CT molecular complexity index is 1200. The van der Waals surface area contributed by atoms with Crippen molar-refractivity contribution in [1.29, 1.82) is 0 Å². The van der Waals surface area contributed by atoms with Crippen LogP contribution in [0.3, 0.4) is 0 Å². The van der Waals surface area contributed by atoms with Gasteiger partial charge in [-0.1, -0.05) is 74.0 Å². The molecule has 2 saturated carbocycles. The van der Waals surface area contributed by atoms with Gasteiger partial charge in [-0.05, 0) is 74.9 Å². The van der Waals surface area contributed by atoms with Gasteiger partial charge in [-0.15, -0.1) is 0 Å². The topological polar surface area (TPSA) is 0 Å². The van der Waals surface area contributed by atoms with Crippen LogP contribution in [0.5, 0.6) is 0 Å². The maximum absolute atomic E-state index is 13.8. The zero-order chi connectivity index (χ0) is 28.2. The van der Waals surface area contributed by atoms with E-state index in [0.29, 0.717) is 9.79 Å². The minimum Gasteiger partial charge on any atom is -0.166 e. The Kier molecular flexibility index (Phi) is 9.33. The SMILES string of the molecule is Cc1c(C(F)(F)F)ccc(Sc2ccc(C(F)(F)F)c(C)c2C#CC2CCCCC2)c1C#CC1CCCCC1. The van der Waals surface area contributed by atoms with Crippen LogP contribution in [0.25, 0.3) is 0 Å². The minimum absolute atomic E-state index is 0.0364. The lowest BCUT2D eigenvalue weighted by Crippen LogP contribution is -2.10. The first kappa shape index (κ1) is 29.5. The van der Waals surface area contributed by atoms with Gasteiger partial charge < -0.3 is 0 Å². The van der Waals surface area contributed by atoms with E-state index < -0.39 is 23.5 Å². The highest BCUT2D eigenvalue weighted by molar-refractivity contribution is 7.99. The highest BCUT2D eigenvalue weighted by Crippen LogP contribution is 2.42.